The van der Waals surface area contributed by atoms with Crippen molar-refractivity contribution in [1.82, 2.24) is 14.1 Å². The van der Waals surface area contributed by atoms with Gasteiger partial charge in [-0.1, -0.05) is 17.7 Å². The molecule has 0 aliphatic rings. The Morgan fingerprint density at radius 1 is 1.19 bits per heavy atom. The second-order valence-corrected chi connectivity index (χ2v) is 5.07. The zero-order valence-electron chi connectivity index (χ0n) is 11.1. The van der Waals surface area contributed by atoms with E-state index in [1.807, 2.05) is 12.1 Å². The number of imidazole rings is 1. The normalized spacial score (nSPS) is 10.7. The summed E-state index contributed by atoms with van der Waals surface area (Å²) in [5, 5.41) is 0.620. The van der Waals surface area contributed by atoms with Crippen LogP contribution in [0.15, 0.2) is 59.8 Å². The molecule has 0 unspecified atom stereocenters. The number of nitrogens with two attached hydrogens (primary N) is 1. The Labute approximate surface area is 126 Å². The van der Waals surface area contributed by atoms with Crippen molar-refractivity contribution in [1.29, 1.82) is 0 Å². The van der Waals surface area contributed by atoms with Gasteiger partial charge in [-0.3, -0.25) is 14.1 Å². The van der Waals surface area contributed by atoms with Gasteiger partial charge < -0.3 is 5.73 Å². The molecule has 2 aromatic heterocycles. The number of anilines is 1. The van der Waals surface area contributed by atoms with Gasteiger partial charge in [0.25, 0.3) is 0 Å². The number of hydrogen-bond acceptors (Lipinski definition) is 3. The Bertz CT molecular complexity index is 806. The van der Waals surface area contributed by atoms with Gasteiger partial charge in [0, 0.05) is 17.4 Å². The maximum atomic E-state index is 12.5. The number of nitrogens with zero attached hydrogens (tertiary/aromatic N) is 3. The Hall–Kier alpha value is -2.53. The maximum absolute atomic E-state index is 12.5. The minimum absolute atomic E-state index is 0.196. The van der Waals surface area contributed by atoms with Crippen molar-refractivity contribution < 1.29 is 0 Å². The number of halogens is 1. The van der Waals surface area contributed by atoms with Gasteiger partial charge in [-0.25, -0.2) is 4.79 Å². The van der Waals surface area contributed by atoms with Gasteiger partial charge >= 0.3 is 5.69 Å². The van der Waals surface area contributed by atoms with E-state index >= 15 is 0 Å². The lowest BCUT2D eigenvalue weighted by Crippen LogP contribution is -2.24. The Morgan fingerprint density at radius 3 is 2.62 bits per heavy atom. The molecule has 0 amide bonds. The van der Waals surface area contributed by atoms with Crippen LogP contribution in [0.4, 0.5) is 5.82 Å². The van der Waals surface area contributed by atoms with Crippen LogP contribution in [-0.4, -0.2) is 14.1 Å². The first-order valence-corrected chi connectivity index (χ1v) is 6.75. The molecule has 3 aromatic rings. The first-order chi connectivity index (χ1) is 10.1. The van der Waals surface area contributed by atoms with E-state index in [4.69, 9.17) is 17.3 Å². The molecule has 21 heavy (non-hydrogen) atoms. The lowest BCUT2D eigenvalue weighted by molar-refractivity contribution is 0.747. The van der Waals surface area contributed by atoms with Crippen molar-refractivity contribution in [3.63, 3.8) is 0 Å². The first-order valence-electron chi connectivity index (χ1n) is 6.37. The molecule has 0 atom stereocenters. The molecule has 5 nitrogen and oxygen atoms in total. The number of nitrogen functional groups attached to an aromatic ring is 1. The molecule has 0 aliphatic heterocycles. The molecule has 6 heteroatoms. The fraction of sp³-hybridized carbons (Fsp3) is 0.0667. The molecule has 0 bridgehead atoms. The fourth-order valence-electron chi connectivity index (χ4n) is 2.12. The van der Waals surface area contributed by atoms with Crippen molar-refractivity contribution in [2.24, 2.45) is 0 Å². The molecule has 0 saturated carbocycles. The van der Waals surface area contributed by atoms with E-state index in [1.165, 1.54) is 9.13 Å². The number of pyridine rings is 1. The summed E-state index contributed by atoms with van der Waals surface area (Å²) in [6.45, 7) is 0.388. The molecule has 0 aliphatic carbocycles. The van der Waals surface area contributed by atoms with Crippen molar-refractivity contribution in [2.45, 2.75) is 6.54 Å². The third-order valence-corrected chi connectivity index (χ3v) is 3.43. The number of rotatable bonds is 3. The Morgan fingerprint density at radius 2 is 1.95 bits per heavy atom. The lowest BCUT2D eigenvalue weighted by atomic mass is 10.3. The van der Waals surface area contributed by atoms with Gasteiger partial charge in [0.05, 0.1) is 18.4 Å². The van der Waals surface area contributed by atoms with Crippen LogP contribution >= 0.6 is 11.6 Å². The first kappa shape index (κ1) is 13.5. The number of benzene rings is 1. The number of aromatic nitrogens is 3. The fourth-order valence-corrected chi connectivity index (χ4v) is 2.24. The molecule has 0 radical (unpaired) electrons. The van der Waals surface area contributed by atoms with Gasteiger partial charge in [-0.2, -0.15) is 0 Å². The molecule has 1 aromatic carbocycles. The Kier molecular flexibility index (Phi) is 3.50. The zero-order valence-corrected chi connectivity index (χ0v) is 11.9. The predicted molar refractivity (Wildman–Crippen MR) is 82.8 cm³/mol. The van der Waals surface area contributed by atoms with Crippen LogP contribution in [0.2, 0.25) is 5.02 Å². The molecule has 0 spiro atoms. The largest absolute Gasteiger partial charge is 0.384 e. The molecule has 2 heterocycles. The zero-order chi connectivity index (χ0) is 14.8. The van der Waals surface area contributed by atoms with Gasteiger partial charge in [0.1, 0.15) is 5.82 Å². The Balaban J connectivity index is 2.01. The third kappa shape index (κ3) is 2.68. The van der Waals surface area contributed by atoms with Crippen molar-refractivity contribution in [3.8, 4) is 5.69 Å². The van der Waals surface area contributed by atoms with E-state index in [9.17, 15) is 4.79 Å². The van der Waals surface area contributed by atoms with E-state index in [-0.39, 0.29) is 5.69 Å². The molecule has 2 N–H and O–H groups in total. The average molecular weight is 301 g/mol. The molecular formula is C15H13ClN4O. The van der Waals surface area contributed by atoms with Crippen LogP contribution in [0, 0.1) is 0 Å². The van der Waals surface area contributed by atoms with E-state index in [1.54, 1.807) is 42.9 Å². The second kappa shape index (κ2) is 5.46. The van der Waals surface area contributed by atoms with Crippen LogP contribution in [0.3, 0.4) is 0 Å². The summed E-state index contributed by atoms with van der Waals surface area (Å²) in [5.74, 6) is 0.402. The highest BCUT2D eigenvalue weighted by Gasteiger charge is 2.10. The summed E-state index contributed by atoms with van der Waals surface area (Å²) in [5.41, 5.74) is 7.40. The number of hydrogen-bond donors (Lipinski definition) is 1. The van der Waals surface area contributed by atoms with E-state index in [0.29, 0.717) is 17.4 Å². The quantitative estimate of drug-likeness (QED) is 0.807. The highest BCUT2D eigenvalue weighted by Crippen LogP contribution is 2.14. The second-order valence-electron chi connectivity index (χ2n) is 4.63. The van der Waals surface area contributed by atoms with Gasteiger partial charge in [0.15, 0.2) is 0 Å². The highest BCUT2D eigenvalue weighted by atomic mass is 35.5. The topological polar surface area (TPSA) is 65.8 Å². The smallest absolute Gasteiger partial charge is 0.334 e. The monoisotopic (exact) mass is 300 g/mol. The molecule has 0 saturated heterocycles. The van der Waals surface area contributed by atoms with Crippen LogP contribution in [0.25, 0.3) is 5.69 Å². The van der Waals surface area contributed by atoms with E-state index < -0.39 is 0 Å². The maximum Gasteiger partial charge on any atom is 0.334 e. The summed E-state index contributed by atoms with van der Waals surface area (Å²) in [7, 11) is 0. The summed E-state index contributed by atoms with van der Waals surface area (Å²) in [4.78, 5) is 16.5. The summed E-state index contributed by atoms with van der Waals surface area (Å²) < 4.78 is 3.01. The van der Waals surface area contributed by atoms with E-state index in [0.717, 1.165) is 11.3 Å². The minimum atomic E-state index is -0.196. The van der Waals surface area contributed by atoms with Crippen LogP contribution in [-0.2, 0) is 6.54 Å². The van der Waals surface area contributed by atoms with Gasteiger partial charge in [-0.15, -0.1) is 0 Å². The molecular weight excluding hydrogens is 288 g/mol. The summed E-state index contributed by atoms with van der Waals surface area (Å²) >= 11 is 5.86. The minimum Gasteiger partial charge on any atom is -0.384 e. The van der Waals surface area contributed by atoms with Crippen molar-refractivity contribution in [2.75, 3.05) is 5.73 Å². The third-order valence-electron chi connectivity index (χ3n) is 3.18. The summed E-state index contributed by atoms with van der Waals surface area (Å²) in [6, 6.07) is 10.7. The lowest BCUT2D eigenvalue weighted by Gasteiger charge is -2.03. The summed E-state index contributed by atoms with van der Waals surface area (Å²) in [6.07, 6.45) is 5.02. The van der Waals surface area contributed by atoms with Gasteiger partial charge in [-0.05, 0) is 35.9 Å². The standard InChI is InChI=1S/C15H13ClN4O/c16-12-3-5-13(6-4-12)19-10-14(17)20(15(19)21)9-11-2-1-7-18-8-11/h1-8,10H,9,17H2. The van der Waals surface area contributed by atoms with Crippen molar-refractivity contribution in [3.05, 3.63) is 76.1 Å². The van der Waals surface area contributed by atoms with Crippen LogP contribution < -0.4 is 11.4 Å². The van der Waals surface area contributed by atoms with Gasteiger partial charge in [0.2, 0.25) is 0 Å². The van der Waals surface area contributed by atoms with Crippen LogP contribution in [0.5, 0.6) is 0 Å². The molecule has 0 fully saturated rings. The SMILES string of the molecule is Nc1cn(-c2ccc(Cl)cc2)c(=O)n1Cc1cccnc1. The average Bonchev–Trinajstić information content (AvgIpc) is 2.77. The predicted octanol–water partition coefficient (Wildman–Crippen LogP) is 2.32. The van der Waals surface area contributed by atoms with Crippen LogP contribution in [0.1, 0.15) is 5.56 Å². The molecule has 106 valence electrons. The highest BCUT2D eigenvalue weighted by molar-refractivity contribution is 6.30. The van der Waals surface area contributed by atoms with Crippen molar-refractivity contribution >= 4 is 17.4 Å². The molecule has 3 rings (SSSR count). The van der Waals surface area contributed by atoms with E-state index in [2.05, 4.69) is 4.98 Å².